The van der Waals surface area contributed by atoms with E-state index in [-0.39, 0.29) is 11.8 Å². The Morgan fingerprint density at radius 1 is 1.15 bits per heavy atom. The number of rotatable bonds is 5. The predicted octanol–water partition coefficient (Wildman–Crippen LogP) is 2.98. The molecule has 136 valence electrons. The molecule has 1 aliphatic rings. The second-order valence-corrected chi connectivity index (χ2v) is 5.97. The van der Waals surface area contributed by atoms with Crippen molar-refractivity contribution >= 4 is 29.1 Å². The fourth-order valence-corrected chi connectivity index (χ4v) is 2.77. The normalized spacial score (nSPS) is 14.5. The zero-order valence-electron chi connectivity index (χ0n) is 14.5. The van der Waals surface area contributed by atoms with Crippen LogP contribution in [-0.4, -0.2) is 37.2 Å². The zero-order valence-corrected chi connectivity index (χ0v) is 14.5. The van der Waals surface area contributed by atoms with E-state index in [0.717, 1.165) is 12.8 Å². The molecule has 0 spiro atoms. The Hall–Kier alpha value is -2.93. The molecule has 1 saturated heterocycles. The van der Waals surface area contributed by atoms with Crippen LogP contribution in [0.5, 0.6) is 0 Å². The first kappa shape index (κ1) is 17.9. The van der Waals surface area contributed by atoms with Crippen molar-refractivity contribution in [3.8, 4) is 0 Å². The van der Waals surface area contributed by atoms with Gasteiger partial charge in [0.25, 0.3) is 0 Å². The molecule has 3 rings (SSSR count). The highest BCUT2D eigenvalue weighted by Gasteiger charge is 2.21. The molecule has 1 aromatic carbocycles. The lowest BCUT2D eigenvalue weighted by atomic mass is 9.99. The second kappa shape index (κ2) is 8.44. The third kappa shape index (κ3) is 4.37. The number of anilines is 3. The number of methoxy groups -OCH3 is 1. The minimum Gasteiger partial charge on any atom is -0.465 e. The lowest BCUT2D eigenvalue weighted by Crippen LogP contribution is -2.28. The fourth-order valence-electron chi connectivity index (χ4n) is 2.77. The molecule has 1 aliphatic heterocycles. The summed E-state index contributed by atoms with van der Waals surface area (Å²) in [6.07, 6.45) is 3.07. The topological polar surface area (TPSA) is 89.6 Å². The molecule has 7 nitrogen and oxygen atoms in total. The average molecular weight is 355 g/mol. The van der Waals surface area contributed by atoms with Crippen LogP contribution in [0, 0.1) is 5.92 Å². The van der Waals surface area contributed by atoms with Crippen molar-refractivity contribution in [2.45, 2.75) is 12.8 Å². The van der Waals surface area contributed by atoms with Crippen LogP contribution in [0.1, 0.15) is 23.2 Å². The van der Waals surface area contributed by atoms with Crippen LogP contribution >= 0.6 is 0 Å². The summed E-state index contributed by atoms with van der Waals surface area (Å²) in [6.45, 7) is 1.24. The second-order valence-electron chi connectivity index (χ2n) is 5.97. The van der Waals surface area contributed by atoms with E-state index in [4.69, 9.17) is 9.47 Å². The minimum atomic E-state index is -0.415. The van der Waals surface area contributed by atoms with Crippen LogP contribution in [0.4, 0.5) is 17.2 Å². The zero-order chi connectivity index (χ0) is 18.4. The van der Waals surface area contributed by atoms with E-state index >= 15 is 0 Å². The monoisotopic (exact) mass is 355 g/mol. The van der Waals surface area contributed by atoms with Gasteiger partial charge in [0.1, 0.15) is 5.82 Å². The van der Waals surface area contributed by atoms with Crippen LogP contribution in [0.3, 0.4) is 0 Å². The third-order valence-electron chi connectivity index (χ3n) is 4.22. The molecule has 1 amide bonds. The van der Waals surface area contributed by atoms with Crippen molar-refractivity contribution < 1.29 is 19.1 Å². The van der Waals surface area contributed by atoms with Crippen LogP contribution < -0.4 is 10.6 Å². The van der Waals surface area contributed by atoms with Gasteiger partial charge in [-0.2, -0.15) is 0 Å². The first-order valence-electron chi connectivity index (χ1n) is 8.46. The van der Waals surface area contributed by atoms with Crippen LogP contribution in [0.25, 0.3) is 0 Å². The van der Waals surface area contributed by atoms with Gasteiger partial charge >= 0.3 is 5.97 Å². The largest absolute Gasteiger partial charge is 0.465 e. The SMILES string of the molecule is COC(=O)c1ccccc1Nc1ccc(NC(=O)C2CCOCC2)nc1. The van der Waals surface area contributed by atoms with E-state index in [1.165, 1.54) is 7.11 Å². The smallest absolute Gasteiger partial charge is 0.339 e. The summed E-state index contributed by atoms with van der Waals surface area (Å²) in [5, 5.41) is 5.97. The predicted molar refractivity (Wildman–Crippen MR) is 97.5 cm³/mol. The molecule has 0 saturated carbocycles. The van der Waals surface area contributed by atoms with Crippen molar-refractivity contribution in [1.29, 1.82) is 0 Å². The Balaban J connectivity index is 1.65. The molecule has 0 aliphatic carbocycles. The molecule has 7 heteroatoms. The fraction of sp³-hybridized carbons (Fsp3) is 0.316. The van der Waals surface area contributed by atoms with Gasteiger partial charge < -0.3 is 20.1 Å². The van der Waals surface area contributed by atoms with Crippen LogP contribution in [-0.2, 0) is 14.3 Å². The average Bonchev–Trinajstić information content (AvgIpc) is 2.70. The summed E-state index contributed by atoms with van der Waals surface area (Å²) < 4.78 is 10.1. The van der Waals surface area contributed by atoms with E-state index in [1.807, 2.05) is 6.07 Å². The third-order valence-corrected chi connectivity index (χ3v) is 4.22. The standard InChI is InChI=1S/C19H21N3O4/c1-25-19(24)15-4-2-3-5-16(15)21-14-6-7-17(20-12-14)22-18(23)13-8-10-26-11-9-13/h2-7,12-13,21H,8-11H2,1H3,(H,20,22,23). The molecule has 2 heterocycles. The van der Waals surface area contributed by atoms with Gasteiger partial charge in [0.05, 0.1) is 30.2 Å². The van der Waals surface area contributed by atoms with Gasteiger partial charge in [0, 0.05) is 19.1 Å². The summed E-state index contributed by atoms with van der Waals surface area (Å²) in [5.41, 5.74) is 1.76. The van der Waals surface area contributed by atoms with Gasteiger partial charge in [-0.1, -0.05) is 12.1 Å². The minimum absolute atomic E-state index is 0.0300. The number of carbonyl (C=O) groups excluding carboxylic acids is 2. The quantitative estimate of drug-likeness (QED) is 0.802. The van der Waals surface area contributed by atoms with E-state index < -0.39 is 5.97 Å². The van der Waals surface area contributed by atoms with Crippen molar-refractivity contribution in [3.05, 3.63) is 48.2 Å². The lowest BCUT2D eigenvalue weighted by Gasteiger charge is -2.21. The summed E-state index contributed by atoms with van der Waals surface area (Å²) >= 11 is 0. The molecule has 0 atom stereocenters. The Morgan fingerprint density at radius 3 is 2.62 bits per heavy atom. The van der Waals surface area contributed by atoms with E-state index in [9.17, 15) is 9.59 Å². The van der Waals surface area contributed by atoms with E-state index in [1.54, 1.807) is 36.5 Å². The number of amides is 1. The van der Waals surface area contributed by atoms with Gasteiger partial charge in [-0.3, -0.25) is 4.79 Å². The molecule has 1 aromatic heterocycles. The highest BCUT2D eigenvalue weighted by Crippen LogP contribution is 2.22. The van der Waals surface area contributed by atoms with Crippen molar-refractivity contribution in [1.82, 2.24) is 4.98 Å². The summed E-state index contributed by atoms with van der Waals surface area (Å²) in [4.78, 5) is 28.3. The Morgan fingerprint density at radius 2 is 1.92 bits per heavy atom. The Kier molecular flexibility index (Phi) is 5.80. The first-order valence-corrected chi connectivity index (χ1v) is 8.46. The number of nitrogens with zero attached hydrogens (tertiary/aromatic N) is 1. The number of pyridine rings is 1. The molecule has 26 heavy (non-hydrogen) atoms. The molecule has 0 unspecified atom stereocenters. The molecule has 2 aromatic rings. The number of para-hydroxylation sites is 1. The Labute approximate surface area is 151 Å². The number of esters is 1. The molecule has 0 bridgehead atoms. The van der Waals surface area contributed by atoms with Gasteiger partial charge in [-0.25, -0.2) is 9.78 Å². The first-order chi connectivity index (χ1) is 12.7. The molecule has 0 radical (unpaired) electrons. The summed E-state index contributed by atoms with van der Waals surface area (Å²) in [7, 11) is 1.34. The van der Waals surface area contributed by atoms with Gasteiger partial charge in [-0.05, 0) is 37.1 Å². The number of ether oxygens (including phenoxy) is 2. The van der Waals surface area contributed by atoms with E-state index in [2.05, 4.69) is 15.6 Å². The summed E-state index contributed by atoms with van der Waals surface area (Å²) in [6, 6.07) is 10.6. The van der Waals surface area contributed by atoms with Crippen LogP contribution in [0.15, 0.2) is 42.6 Å². The molecule has 2 N–H and O–H groups in total. The highest BCUT2D eigenvalue weighted by molar-refractivity contribution is 5.96. The number of benzene rings is 1. The van der Waals surface area contributed by atoms with E-state index in [0.29, 0.717) is 36.0 Å². The molecular weight excluding hydrogens is 334 g/mol. The maximum Gasteiger partial charge on any atom is 0.339 e. The van der Waals surface area contributed by atoms with Crippen molar-refractivity contribution in [3.63, 3.8) is 0 Å². The van der Waals surface area contributed by atoms with Gasteiger partial charge in [0.15, 0.2) is 0 Å². The Bertz CT molecular complexity index is 771. The lowest BCUT2D eigenvalue weighted by molar-refractivity contribution is -0.122. The summed E-state index contributed by atoms with van der Waals surface area (Å²) in [5.74, 6) is 0.0162. The van der Waals surface area contributed by atoms with Gasteiger partial charge in [0.2, 0.25) is 5.91 Å². The van der Waals surface area contributed by atoms with Crippen molar-refractivity contribution in [2.24, 2.45) is 5.92 Å². The number of hydrogen-bond donors (Lipinski definition) is 2. The maximum atomic E-state index is 12.2. The molecular formula is C19H21N3O4. The number of carbonyl (C=O) groups is 2. The number of nitrogens with one attached hydrogen (secondary N) is 2. The number of aromatic nitrogens is 1. The highest BCUT2D eigenvalue weighted by atomic mass is 16.5. The van der Waals surface area contributed by atoms with Crippen LogP contribution in [0.2, 0.25) is 0 Å². The molecule has 1 fully saturated rings. The van der Waals surface area contributed by atoms with Crippen molar-refractivity contribution in [2.75, 3.05) is 31.0 Å². The maximum absolute atomic E-state index is 12.2. The van der Waals surface area contributed by atoms with Gasteiger partial charge in [-0.15, -0.1) is 0 Å². The number of hydrogen-bond acceptors (Lipinski definition) is 6.